The number of likely N-dealkylation sites (tertiary alicyclic amines) is 1. The predicted octanol–water partition coefficient (Wildman–Crippen LogP) is 2.37. The summed E-state index contributed by atoms with van der Waals surface area (Å²) in [6, 6.07) is 6.95. The topological polar surface area (TPSA) is 62.9 Å². The molecule has 2 rings (SSSR count). The van der Waals surface area contributed by atoms with Crippen LogP contribution in [0.2, 0.25) is 0 Å². The lowest BCUT2D eigenvalue weighted by Crippen LogP contribution is -2.43. The van der Waals surface area contributed by atoms with Crippen molar-refractivity contribution >= 4 is 5.96 Å². The van der Waals surface area contributed by atoms with Gasteiger partial charge in [0.1, 0.15) is 6.10 Å². The zero-order valence-electron chi connectivity index (χ0n) is 14.7. The molecule has 1 heterocycles. The fourth-order valence-corrected chi connectivity index (χ4v) is 2.99. The molecule has 1 aromatic rings. The van der Waals surface area contributed by atoms with Gasteiger partial charge in [-0.05, 0) is 44.5 Å². The minimum absolute atomic E-state index is 0.194. The van der Waals surface area contributed by atoms with Crippen molar-refractivity contribution in [1.82, 2.24) is 10.2 Å². The van der Waals surface area contributed by atoms with Crippen LogP contribution >= 0.6 is 0 Å². The first kappa shape index (κ1) is 18.5. The van der Waals surface area contributed by atoms with Crippen molar-refractivity contribution in [3.63, 3.8) is 0 Å². The Hall–Kier alpha value is -1.82. The summed E-state index contributed by atoms with van der Waals surface area (Å²) in [5.74, 6) is 0.330. The van der Waals surface area contributed by atoms with Crippen LogP contribution in [0.3, 0.4) is 0 Å². The summed E-state index contributed by atoms with van der Waals surface area (Å²) in [5.41, 5.74) is 5.96. The lowest BCUT2D eigenvalue weighted by molar-refractivity contribution is 0.196. The van der Waals surface area contributed by atoms with Crippen molar-refractivity contribution in [2.45, 2.75) is 45.3 Å². The van der Waals surface area contributed by atoms with Gasteiger partial charge in [-0.25, -0.2) is 9.38 Å². The minimum atomic E-state index is -0.355. The minimum Gasteiger partial charge on any atom is -0.485 e. The van der Waals surface area contributed by atoms with E-state index in [2.05, 4.69) is 22.1 Å². The number of hydrogen-bond acceptors (Lipinski definition) is 3. The van der Waals surface area contributed by atoms with Crippen LogP contribution in [0.25, 0.3) is 0 Å². The number of guanidine groups is 1. The second kappa shape index (κ2) is 9.47. The summed E-state index contributed by atoms with van der Waals surface area (Å²) in [6.07, 6.45) is 2.98. The molecule has 0 radical (unpaired) electrons. The summed E-state index contributed by atoms with van der Waals surface area (Å²) in [4.78, 5) is 6.81. The number of rotatable bonds is 8. The number of ether oxygens (including phenoxy) is 1. The number of benzene rings is 1. The molecule has 1 aromatic carbocycles. The van der Waals surface area contributed by atoms with Gasteiger partial charge in [-0.3, -0.25) is 4.90 Å². The molecule has 24 heavy (non-hydrogen) atoms. The van der Waals surface area contributed by atoms with E-state index in [0.29, 0.717) is 18.5 Å². The van der Waals surface area contributed by atoms with Crippen LogP contribution in [0.15, 0.2) is 29.3 Å². The molecule has 134 valence electrons. The standard InChI is InChI=1S/C18H29FN4O/c1-3-15(24-17-10-6-5-9-16(17)19)13-22-18(20)21-12-14-8-7-11-23(14)4-2/h5-6,9-10,14-15H,3-4,7-8,11-13H2,1-2H3,(H3,20,21,22). The number of nitrogens with one attached hydrogen (secondary N) is 1. The molecule has 2 unspecified atom stereocenters. The number of halogens is 1. The Morgan fingerprint density at radius 3 is 2.96 bits per heavy atom. The van der Waals surface area contributed by atoms with Crippen molar-refractivity contribution in [2.75, 3.05) is 26.2 Å². The molecule has 3 N–H and O–H groups in total. The van der Waals surface area contributed by atoms with Crippen LogP contribution in [0.1, 0.15) is 33.1 Å². The zero-order chi connectivity index (χ0) is 17.4. The Morgan fingerprint density at radius 2 is 2.25 bits per heavy atom. The van der Waals surface area contributed by atoms with Gasteiger partial charge in [-0.15, -0.1) is 0 Å². The Labute approximate surface area is 144 Å². The van der Waals surface area contributed by atoms with E-state index in [1.165, 1.54) is 18.9 Å². The lowest BCUT2D eigenvalue weighted by atomic mass is 10.2. The Balaban J connectivity index is 1.80. The number of nitrogens with zero attached hydrogens (tertiary/aromatic N) is 2. The summed E-state index contributed by atoms with van der Waals surface area (Å²) in [7, 11) is 0. The third kappa shape index (κ3) is 5.37. The van der Waals surface area contributed by atoms with E-state index in [-0.39, 0.29) is 17.7 Å². The molecular weight excluding hydrogens is 307 g/mol. The highest BCUT2D eigenvalue weighted by Crippen LogP contribution is 2.18. The normalized spacial score (nSPS) is 20.1. The van der Waals surface area contributed by atoms with Crippen LogP contribution in [0.5, 0.6) is 5.75 Å². The quantitative estimate of drug-likeness (QED) is 0.565. The molecule has 1 fully saturated rings. The van der Waals surface area contributed by atoms with Crippen LogP contribution < -0.4 is 15.8 Å². The van der Waals surface area contributed by atoms with Gasteiger partial charge in [0.15, 0.2) is 17.5 Å². The summed E-state index contributed by atoms with van der Waals surface area (Å²) in [6.45, 7) is 7.62. The van der Waals surface area contributed by atoms with E-state index >= 15 is 0 Å². The molecular formula is C18H29FN4O. The average Bonchev–Trinajstić information content (AvgIpc) is 3.05. The highest BCUT2D eigenvalue weighted by Gasteiger charge is 2.22. The first-order chi connectivity index (χ1) is 11.6. The van der Waals surface area contributed by atoms with Crippen LogP contribution in [0.4, 0.5) is 4.39 Å². The van der Waals surface area contributed by atoms with E-state index in [1.807, 2.05) is 6.92 Å². The van der Waals surface area contributed by atoms with Crippen molar-refractivity contribution in [2.24, 2.45) is 10.7 Å². The van der Waals surface area contributed by atoms with Gasteiger partial charge in [-0.2, -0.15) is 0 Å². The molecule has 2 atom stereocenters. The van der Waals surface area contributed by atoms with E-state index in [1.54, 1.807) is 18.2 Å². The Morgan fingerprint density at radius 1 is 1.46 bits per heavy atom. The molecule has 1 aliphatic rings. The maximum absolute atomic E-state index is 13.6. The number of aliphatic imine (C=N–C) groups is 1. The Bertz CT molecular complexity index is 538. The van der Waals surface area contributed by atoms with Gasteiger partial charge in [0.2, 0.25) is 0 Å². The van der Waals surface area contributed by atoms with Crippen molar-refractivity contribution in [1.29, 1.82) is 0 Å². The second-order valence-corrected chi connectivity index (χ2v) is 6.11. The maximum atomic E-state index is 13.6. The fraction of sp³-hybridized carbons (Fsp3) is 0.611. The molecule has 1 saturated heterocycles. The summed E-state index contributed by atoms with van der Waals surface area (Å²) >= 11 is 0. The van der Waals surface area contributed by atoms with Crippen LogP contribution in [0, 0.1) is 5.82 Å². The van der Waals surface area contributed by atoms with Crippen LogP contribution in [-0.4, -0.2) is 49.2 Å². The molecule has 5 nitrogen and oxygen atoms in total. The highest BCUT2D eigenvalue weighted by atomic mass is 19.1. The zero-order valence-corrected chi connectivity index (χ0v) is 14.7. The molecule has 0 saturated carbocycles. The first-order valence-electron chi connectivity index (χ1n) is 8.83. The smallest absolute Gasteiger partial charge is 0.188 e. The highest BCUT2D eigenvalue weighted by molar-refractivity contribution is 5.77. The van der Waals surface area contributed by atoms with Crippen molar-refractivity contribution < 1.29 is 9.13 Å². The summed E-state index contributed by atoms with van der Waals surface area (Å²) < 4.78 is 19.3. The second-order valence-electron chi connectivity index (χ2n) is 6.11. The largest absolute Gasteiger partial charge is 0.485 e. The van der Waals surface area contributed by atoms with Gasteiger partial charge >= 0.3 is 0 Å². The number of hydrogen-bond donors (Lipinski definition) is 2. The number of nitrogens with two attached hydrogens (primary N) is 1. The van der Waals surface area contributed by atoms with E-state index in [4.69, 9.17) is 10.5 Å². The summed E-state index contributed by atoms with van der Waals surface area (Å²) in [5, 5.41) is 3.20. The van der Waals surface area contributed by atoms with E-state index < -0.39 is 0 Å². The fourth-order valence-electron chi connectivity index (χ4n) is 2.99. The van der Waals surface area contributed by atoms with Crippen molar-refractivity contribution in [3.05, 3.63) is 30.1 Å². The van der Waals surface area contributed by atoms with Gasteiger partial charge in [0.05, 0.1) is 6.54 Å². The van der Waals surface area contributed by atoms with Crippen molar-refractivity contribution in [3.8, 4) is 5.75 Å². The molecule has 0 bridgehead atoms. The monoisotopic (exact) mass is 336 g/mol. The first-order valence-corrected chi connectivity index (χ1v) is 8.83. The third-order valence-corrected chi connectivity index (χ3v) is 4.47. The third-order valence-electron chi connectivity index (χ3n) is 4.47. The molecule has 6 heteroatoms. The maximum Gasteiger partial charge on any atom is 0.188 e. The number of likely N-dealkylation sites (N-methyl/N-ethyl adjacent to an activating group) is 1. The SMILES string of the molecule is CCC(CN=C(N)NCC1CCCN1CC)Oc1ccccc1F. The molecule has 0 aromatic heterocycles. The van der Waals surface area contributed by atoms with E-state index in [9.17, 15) is 4.39 Å². The lowest BCUT2D eigenvalue weighted by Gasteiger charge is -2.23. The van der Waals surface area contributed by atoms with Gasteiger partial charge < -0.3 is 15.8 Å². The van der Waals surface area contributed by atoms with E-state index in [0.717, 1.165) is 26.1 Å². The molecule has 1 aliphatic heterocycles. The average molecular weight is 336 g/mol. The predicted molar refractivity (Wildman–Crippen MR) is 95.9 cm³/mol. The number of para-hydroxylation sites is 1. The Kier molecular flexibility index (Phi) is 7.31. The van der Waals surface area contributed by atoms with Crippen LogP contribution in [-0.2, 0) is 0 Å². The van der Waals surface area contributed by atoms with Gasteiger partial charge in [0, 0.05) is 12.6 Å². The molecule has 0 spiro atoms. The molecule has 0 amide bonds. The van der Waals surface area contributed by atoms with Gasteiger partial charge in [-0.1, -0.05) is 26.0 Å². The van der Waals surface area contributed by atoms with Gasteiger partial charge in [0.25, 0.3) is 0 Å². The molecule has 0 aliphatic carbocycles.